The third-order valence-electron chi connectivity index (χ3n) is 4.57. The maximum absolute atomic E-state index is 12.3. The topological polar surface area (TPSA) is 87.5 Å². The second-order valence-electron chi connectivity index (χ2n) is 6.36. The lowest BCUT2D eigenvalue weighted by Crippen LogP contribution is -2.49. The van der Waals surface area contributed by atoms with Gasteiger partial charge in [0, 0.05) is 29.8 Å². The SMILES string of the molecule is NC(=O)CN1CCC(NC(=O)N[C@@H]2CCSc3ccccc32)CC1. The first kappa shape index (κ1) is 17.1. The highest BCUT2D eigenvalue weighted by Crippen LogP contribution is 2.35. The van der Waals surface area contributed by atoms with Crippen LogP contribution < -0.4 is 16.4 Å². The third-order valence-corrected chi connectivity index (χ3v) is 5.69. The van der Waals surface area contributed by atoms with Gasteiger partial charge in [-0.25, -0.2) is 4.79 Å². The van der Waals surface area contributed by atoms with Crippen LogP contribution in [0.2, 0.25) is 0 Å². The van der Waals surface area contributed by atoms with Gasteiger partial charge in [0.05, 0.1) is 12.6 Å². The van der Waals surface area contributed by atoms with Crippen molar-refractivity contribution in [2.45, 2.75) is 36.2 Å². The first-order chi connectivity index (χ1) is 11.6. The van der Waals surface area contributed by atoms with E-state index in [2.05, 4.69) is 22.8 Å². The molecule has 7 heteroatoms. The van der Waals surface area contributed by atoms with E-state index in [-0.39, 0.29) is 24.0 Å². The van der Waals surface area contributed by atoms with Crippen molar-refractivity contribution in [2.75, 3.05) is 25.4 Å². The van der Waals surface area contributed by atoms with Crippen molar-refractivity contribution in [1.82, 2.24) is 15.5 Å². The summed E-state index contributed by atoms with van der Waals surface area (Å²) < 4.78 is 0. The number of fused-ring (bicyclic) bond motifs is 1. The van der Waals surface area contributed by atoms with E-state index in [1.165, 1.54) is 10.5 Å². The molecule has 0 aromatic heterocycles. The summed E-state index contributed by atoms with van der Waals surface area (Å²) in [5, 5.41) is 6.19. The van der Waals surface area contributed by atoms with E-state index in [4.69, 9.17) is 5.73 Å². The van der Waals surface area contributed by atoms with E-state index < -0.39 is 0 Å². The Bertz CT molecular complexity index is 602. The minimum atomic E-state index is -0.298. The van der Waals surface area contributed by atoms with Crippen LogP contribution in [0.3, 0.4) is 0 Å². The maximum Gasteiger partial charge on any atom is 0.315 e. The number of nitrogens with one attached hydrogen (secondary N) is 2. The fourth-order valence-electron chi connectivity index (χ4n) is 3.33. The Morgan fingerprint density at radius 3 is 2.67 bits per heavy atom. The minimum Gasteiger partial charge on any atom is -0.369 e. The van der Waals surface area contributed by atoms with Crippen molar-refractivity contribution >= 4 is 23.7 Å². The molecule has 1 aromatic rings. The molecular weight excluding hydrogens is 324 g/mol. The molecule has 2 aliphatic rings. The van der Waals surface area contributed by atoms with E-state index in [0.29, 0.717) is 6.54 Å². The summed E-state index contributed by atoms with van der Waals surface area (Å²) in [6.45, 7) is 1.88. The van der Waals surface area contributed by atoms with Gasteiger partial charge in [-0.15, -0.1) is 11.8 Å². The molecule has 2 heterocycles. The molecule has 1 aromatic carbocycles. The van der Waals surface area contributed by atoms with Gasteiger partial charge in [0.2, 0.25) is 5.91 Å². The lowest BCUT2D eigenvalue weighted by Gasteiger charge is -2.32. The summed E-state index contributed by atoms with van der Waals surface area (Å²) in [6.07, 6.45) is 2.64. The summed E-state index contributed by atoms with van der Waals surface area (Å²) in [7, 11) is 0. The van der Waals surface area contributed by atoms with Crippen LogP contribution in [0.15, 0.2) is 29.2 Å². The summed E-state index contributed by atoms with van der Waals surface area (Å²) in [5.74, 6) is 0.723. The van der Waals surface area contributed by atoms with Crippen molar-refractivity contribution in [1.29, 1.82) is 0 Å². The predicted octanol–water partition coefficient (Wildman–Crippen LogP) is 1.47. The number of nitrogens with zero attached hydrogens (tertiary/aromatic N) is 1. The summed E-state index contributed by atoms with van der Waals surface area (Å²) in [6, 6.07) is 8.39. The number of carbonyl (C=O) groups is 2. The van der Waals surface area contributed by atoms with Crippen molar-refractivity contribution in [3.63, 3.8) is 0 Å². The average Bonchev–Trinajstić information content (AvgIpc) is 2.56. The predicted molar refractivity (Wildman–Crippen MR) is 94.8 cm³/mol. The lowest BCUT2D eigenvalue weighted by molar-refractivity contribution is -0.119. The number of urea groups is 1. The number of primary amides is 1. The number of benzene rings is 1. The molecule has 0 saturated carbocycles. The molecular formula is C17H24N4O2S. The van der Waals surface area contributed by atoms with Gasteiger partial charge in [0.25, 0.3) is 0 Å². The Hall–Kier alpha value is -1.73. The van der Waals surface area contributed by atoms with Crippen molar-refractivity contribution in [2.24, 2.45) is 5.73 Å². The molecule has 130 valence electrons. The number of amides is 3. The Morgan fingerprint density at radius 2 is 1.92 bits per heavy atom. The highest BCUT2D eigenvalue weighted by Gasteiger charge is 2.25. The van der Waals surface area contributed by atoms with E-state index >= 15 is 0 Å². The van der Waals surface area contributed by atoms with Crippen LogP contribution in [0.25, 0.3) is 0 Å². The number of thioether (sulfide) groups is 1. The first-order valence-electron chi connectivity index (χ1n) is 8.41. The van der Waals surface area contributed by atoms with Crippen LogP contribution in [-0.4, -0.2) is 48.3 Å². The van der Waals surface area contributed by atoms with Crippen LogP contribution in [-0.2, 0) is 4.79 Å². The number of nitrogens with two attached hydrogens (primary N) is 1. The molecule has 0 unspecified atom stereocenters. The number of likely N-dealkylation sites (tertiary alicyclic amines) is 1. The van der Waals surface area contributed by atoms with E-state index in [9.17, 15) is 9.59 Å². The van der Waals surface area contributed by atoms with Crippen LogP contribution in [0.4, 0.5) is 4.79 Å². The van der Waals surface area contributed by atoms with Gasteiger partial charge in [-0.3, -0.25) is 9.69 Å². The molecule has 2 aliphatic heterocycles. The Labute approximate surface area is 146 Å². The average molecular weight is 348 g/mol. The van der Waals surface area contributed by atoms with Gasteiger partial charge in [0.1, 0.15) is 0 Å². The van der Waals surface area contributed by atoms with Crippen molar-refractivity contribution in [3.05, 3.63) is 29.8 Å². The Morgan fingerprint density at radius 1 is 1.17 bits per heavy atom. The normalized spacial score (nSPS) is 21.8. The number of carbonyl (C=O) groups excluding carboxylic acids is 2. The van der Waals surface area contributed by atoms with E-state index in [1.54, 1.807) is 0 Å². The van der Waals surface area contributed by atoms with E-state index in [1.807, 2.05) is 28.8 Å². The molecule has 3 rings (SSSR count). The zero-order chi connectivity index (χ0) is 16.9. The van der Waals surface area contributed by atoms with Gasteiger partial charge in [-0.05, 0) is 30.9 Å². The molecule has 0 aliphatic carbocycles. The van der Waals surface area contributed by atoms with Crippen LogP contribution >= 0.6 is 11.8 Å². The number of piperidine rings is 1. The third kappa shape index (κ3) is 4.42. The second kappa shape index (κ2) is 7.90. The molecule has 0 radical (unpaired) electrons. The zero-order valence-corrected chi connectivity index (χ0v) is 14.5. The molecule has 0 spiro atoms. The Kier molecular flexibility index (Phi) is 5.63. The molecule has 24 heavy (non-hydrogen) atoms. The zero-order valence-electron chi connectivity index (χ0n) is 13.7. The fraction of sp³-hybridized carbons (Fsp3) is 0.529. The highest BCUT2D eigenvalue weighted by molar-refractivity contribution is 7.99. The fourth-order valence-corrected chi connectivity index (χ4v) is 4.46. The van der Waals surface area contributed by atoms with Crippen LogP contribution in [0, 0.1) is 0 Å². The van der Waals surface area contributed by atoms with Gasteiger partial charge in [-0.1, -0.05) is 18.2 Å². The summed E-state index contributed by atoms with van der Waals surface area (Å²) in [4.78, 5) is 26.6. The van der Waals surface area contributed by atoms with Gasteiger partial charge >= 0.3 is 6.03 Å². The largest absolute Gasteiger partial charge is 0.369 e. The van der Waals surface area contributed by atoms with Crippen molar-refractivity contribution < 1.29 is 9.59 Å². The van der Waals surface area contributed by atoms with Crippen molar-refractivity contribution in [3.8, 4) is 0 Å². The quantitative estimate of drug-likeness (QED) is 0.769. The number of hydrogen-bond donors (Lipinski definition) is 3. The van der Waals surface area contributed by atoms with Gasteiger partial charge in [-0.2, -0.15) is 0 Å². The minimum absolute atomic E-state index is 0.0809. The van der Waals surface area contributed by atoms with Gasteiger partial charge in [0.15, 0.2) is 0 Å². The summed E-state index contributed by atoms with van der Waals surface area (Å²) in [5.41, 5.74) is 6.43. The van der Waals surface area contributed by atoms with Gasteiger partial charge < -0.3 is 16.4 Å². The maximum atomic E-state index is 12.3. The molecule has 6 nitrogen and oxygen atoms in total. The molecule has 4 N–H and O–H groups in total. The monoisotopic (exact) mass is 348 g/mol. The number of rotatable bonds is 4. The Balaban J connectivity index is 1.48. The lowest BCUT2D eigenvalue weighted by atomic mass is 10.0. The number of hydrogen-bond acceptors (Lipinski definition) is 4. The molecule has 3 amide bonds. The van der Waals surface area contributed by atoms with Crippen LogP contribution in [0.5, 0.6) is 0 Å². The van der Waals surface area contributed by atoms with Crippen LogP contribution in [0.1, 0.15) is 30.9 Å². The summed E-state index contributed by atoms with van der Waals surface area (Å²) >= 11 is 1.85. The standard InChI is InChI=1S/C17H24N4O2S/c18-16(22)11-21-8-5-12(6-9-21)19-17(23)20-14-7-10-24-15-4-2-1-3-13(14)15/h1-4,12,14H,5-11H2,(H2,18,22)(H2,19,20,23)/t14-/m1/s1. The van der Waals surface area contributed by atoms with E-state index in [0.717, 1.165) is 38.1 Å². The molecule has 1 atom stereocenters. The molecule has 1 fully saturated rings. The smallest absolute Gasteiger partial charge is 0.315 e. The molecule has 1 saturated heterocycles. The highest BCUT2D eigenvalue weighted by atomic mass is 32.2. The first-order valence-corrected chi connectivity index (χ1v) is 9.40. The second-order valence-corrected chi connectivity index (χ2v) is 7.50. The molecule has 0 bridgehead atoms.